The Labute approximate surface area is 88.9 Å². The van der Waals surface area contributed by atoms with Gasteiger partial charge >= 0.3 is 6.09 Å². The molecule has 0 atom stereocenters. The van der Waals surface area contributed by atoms with E-state index in [2.05, 4.69) is 15.3 Å². The second-order valence-electron chi connectivity index (χ2n) is 3.17. The highest BCUT2D eigenvalue weighted by Crippen LogP contribution is 2.04. The van der Waals surface area contributed by atoms with E-state index in [0.29, 0.717) is 0 Å². The lowest BCUT2D eigenvalue weighted by Gasteiger charge is -2.02. The molecule has 1 rings (SSSR count). The van der Waals surface area contributed by atoms with Crippen molar-refractivity contribution in [1.29, 1.82) is 0 Å². The number of hydrogen-bond donors (Lipinski definition) is 1. The SMILES string of the molecule is COC(=O)NN=C(C)c1ccc(C)cc1. The zero-order chi connectivity index (χ0) is 11.3. The summed E-state index contributed by atoms with van der Waals surface area (Å²) in [5, 5.41) is 3.89. The number of aryl methyl sites for hydroxylation is 1. The van der Waals surface area contributed by atoms with Gasteiger partial charge in [0.1, 0.15) is 0 Å². The number of rotatable bonds is 2. The van der Waals surface area contributed by atoms with E-state index < -0.39 is 6.09 Å². The van der Waals surface area contributed by atoms with Gasteiger partial charge in [-0.3, -0.25) is 0 Å². The van der Waals surface area contributed by atoms with Gasteiger partial charge in [-0.1, -0.05) is 29.8 Å². The quantitative estimate of drug-likeness (QED) is 0.595. The Morgan fingerprint density at radius 3 is 2.47 bits per heavy atom. The highest BCUT2D eigenvalue weighted by atomic mass is 16.5. The van der Waals surface area contributed by atoms with Crippen LogP contribution in [0.5, 0.6) is 0 Å². The number of amides is 1. The molecule has 0 aromatic heterocycles. The lowest BCUT2D eigenvalue weighted by molar-refractivity contribution is 0.171. The number of ether oxygens (including phenoxy) is 1. The number of carbonyl (C=O) groups excluding carboxylic acids is 1. The molecule has 0 unspecified atom stereocenters. The molecule has 0 aliphatic heterocycles. The molecular formula is C11H14N2O2. The summed E-state index contributed by atoms with van der Waals surface area (Å²) in [5.74, 6) is 0. The van der Waals surface area contributed by atoms with Gasteiger partial charge in [-0.25, -0.2) is 10.2 Å². The van der Waals surface area contributed by atoms with Crippen molar-refractivity contribution in [3.05, 3.63) is 35.4 Å². The van der Waals surface area contributed by atoms with Crippen molar-refractivity contribution in [3.8, 4) is 0 Å². The fourth-order valence-corrected chi connectivity index (χ4v) is 1.03. The van der Waals surface area contributed by atoms with Gasteiger partial charge in [-0.05, 0) is 19.4 Å². The maximum atomic E-state index is 10.8. The van der Waals surface area contributed by atoms with E-state index in [1.54, 1.807) is 0 Å². The van der Waals surface area contributed by atoms with Gasteiger partial charge in [0.2, 0.25) is 0 Å². The molecule has 1 aromatic carbocycles. The standard InChI is InChI=1S/C11H14N2O2/c1-8-4-6-10(7-5-8)9(2)12-13-11(14)15-3/h4-7H,1-3H3,(H,13,14). The van der Waals surface area contributed by atoms with E-state index in [1.807, 2.05) is 38.1 Å². The van der Waals surface area contributed by atoms with Crippen molar-refractivity contribution < 1.29 is 9.53 Å². The minimum atomic E-state index is -0.568. The Kier molecular flexibility index (Phi) is 3.85. The molecule has 0 aliphatic carbocycles. The molecule has 1 amide bonds. The Bertz CT molecular complexity index is 369. The first kappa shape index (κ1) is 11.2. The zero-order valence-corrected chi connectivity index (χ0v) is 9.07. The predicted molar refractivity (Wildman–Crippen MR) is 58.9 cm³/mol. The summed E-state index contributed by atoms with van der Waals surface area (Å²) in [6, 6.07) is 7.89. The van der Waals surface area contributed by atoms with Crippen LogP contribution in [0.15, 0.2) is 29.4 Å². The minimum Gasteiger partial charge on any atom is -0.452 e. The van der Waals surface area contributed by atoms with Crippen LogP contribution in [0.2, 0.25) is 0 Å². The molecule has 15 heavy (non-hydrogen) atoms. The molecule has 1 N–H and O–H groups in total. The topological polar surface area (TPSA) is 50.7 Å². The van der Waals surface area contributed by atoms with Crippen molar-refractivity contribution in [1.82, 2.24) is 5.43 Å². The Morgan fingerprint density at radius 1 is 1.33 bits per heavy atom. The van der Waals surface area contributed by atoms with Gasteiger partial charge in [-0.15, -0.1) is 0 Å². The lowest BCUT2D eigenvalue weighted by Crippen LogP contribution is -2.18. The smallest absolute Gasteiger partial charge is 0.427 e. The predicted octanol–water partition coefficient (Wildman–Crippen LogP) is 2.08. The van der Waals surface area contributed by atoms with Crippen molar-refractivity contribution in [2.45, 2.75) is 13.8 Å². The summed E-state index contributed by atoms with van der Waals surface area (Å²) in [5.41, 5.74) is 5.17. The molecular weight excluding hydrogens is 192 g/mol. The van der Waals surface area contributed by atoms with Crippen LogP contribution in [-0.2, 0) is 4.74 Å². The largest absolute Gasteiger partial charge is 0.452 e. The third-order valence-corrected chi connectivity index (χ3v) is 1.97. The molecule has 80 valence electrons. The number of methoxy groups -OCH3 is 1. The van der Waals surface area contributed by atoms with Crippen LogP contribution in [0, 0.1) is 6.92 Å². The molecule has 4 nitrogen and oxygen atoms in total. The van der Waals surface area contributed by atoms with Crippen LogP contribution < -0.4 is 5.43 Å². The van der Waals surface area contributed by atoms with Crippen LogP contribution in [0.4, 0.5) is 4.79 Å². The first-order valence-electron chi connectivity index (χ1n) is 4.59. The normalized spacial score (nSPS) is 11.0. The second-order valence-corrected chi connectivity index (χ2v) is 3.17. The van der Waals surface area contributed by atoms with Crippen molar-refractivity contribution in [2.24, 2.45) is 5.10 Å². The molecule has 0 aliphatic rings. The Balaban J connectivity index is 2.71. The van der Waals surface area contributed by atoms with Crippen molar-refractivity contribution in [2.75, 3.05) is 7.11 Å². The van der Waals surface area contributed by atoms with Gasteiger partial charge in [0.25, 0.3) is 0 Å². The van der Waals surface area contributed by atoms with E-state index in [1.165, 1.54) is 12.7 Å². The Hall–Kier alpha value is -1.84. The van der Waals surface area contributed by atoms with Crippen molar-refractivity contribution in [3.63, 3.8) is 0 Å². The van der Waals surface area contributed by atoms with Gasteiger partial charge in [0.15, 0.2) is 0 Å². The molecule has 0 radical (unpaired) electrons. The number of nitrogens with zero attached hydrogens (tertiary/aromatic N) is 1. The summed E-state index contributed by atoms with van der Waals surface area (Å²) in [6.07, 6.45) is -0.568. The maximum Gasteiger partial charge on any atom is 0.427 e. The molecule has 0 heterocycles. The average molecular weight is 206 g/mol. The minimum absolute atomic E-state index is 0.568. The van der Waals surface area contributed by atoms with E-state index in [9.17, 15) is 4.79 Å². The summed E-state index contributed by atoms with van der Waals surface area (Å²) in [4.78, 5) is 10.8. The fraction of sp³-hybridized carbons (Fsp3) is 0.273. The van der Waals surface area contributed by atoms with Gasteiger partial charge in [0.05, 0.1) is 12.8 Å². The average Bonchev–Trinajstić information content (AvgIpc) is 2.26. The zero-order valence-electron chi connectivity index (χ0n) is 9.07. The number of carbonyl (C=O) groups is 1. The van der Waals surface area contributed by atoms with Crippen LogP contribution >= 0.6 is 0 Å². The maximum absolute atomic E-state index is 10.8. The van der Waals surface area contributed by atoms with E-state index in [4.69, 9.17) is 0 Å². The second kappa shape index (κ2) is 5.14. The molecule has 0 bridgehead atoms. The van der Waals surface area contributed by atoms with Crippen LogP contribution in [0.25, 0.3) is 0 Å². The number of hydrogen-bond acceptors (Lipinski definition) is 3. The van der Waals surface area contributed by atoms with Gasteiger partial charge in [0, 0.05) is 0 Å². The monoisotopic (exact) mass is 206 g/mol. The molecule has 0 fully saturated rings. The van der Waals surface area contributed by atoms with Crippen LogP contribution in [0.1, 0.15) is 18.1 Å². The van der Waals surface area contributed by atoms with E-state index >= 15 is 0 Å². The van der Waals surface area contributed by atoms with E-state index in [-0.39, 0.29) is 0 Å². The number of nitrogens with one attached hydrogen (secondary N) is 1. The molecule has 0 saturated carbocycles. The third kappa shape index (κ3) is 3.42. The Morgan fingerprint density at radius 2 is 1.93 bits per heavy atom. The first-order chi connectivity index (χ1) is 7.13. The third-order valence-electron chi connectivity index (χ3n) is 1.97. The highest BCUT2D eigenvalue weighted by Gasteiger charge is 1.98. The summed E-state index contributed by atoms with van der Waals surface area (Å²) >= 11 is 0. The summed E-state index contributed by atoms with van der Waals surface area (Å²) < 4.78 is 4.40. The molecule has 1 aromatic rings. The fourth-order valence-electron chi connectivity index (χ4n) is 1.03. The number of hydrazone groups is 1. The number of benzene rings is 1. The van der Waals surface area contributed by atoms with Crippen molar-refractivity contribution >= 4 is 11.8 Å². The van der Waals surface area contributed by atoms with Gasteiger partial charge in [-0.2, -0.15) is 5.10 Å². The summed E-state index contributed by atoms with van der Waals surface area (Å²) in [6.45, 7) is 3.84. The highest BCUT2D eigenvalue weighted by molar-refractivity contribution is 5.99. The van der Waals surface area contributed by atoms with Crippen LogP contribution in [-0.4, -0.2) is 18.9 Å². The van der Waals surface area contributed by atoms with Gasteiger partial charge < -0.3 is 4.74 Å². The molecule has 0 spiro atoms. The summed E-state index contributed by atoms with van der Waals surface area (Å²) in [7, 11) is 1.30. The molecule has 0 saturated heterocycles. The first-order valence-corrected chi connectivity index (χ1v) is 4.59. The lowest BCUT2D eigenvalue weighted by atomic mass is 10.1. The molecule has 4 heteroatoms. The van der Waals surface area contributed by atoms with E-state index in [0.717, 1.165) is 11.3 Å². The van der Waals surface area contributed by atoms with Crippen LogP contribution in [0.3, 0.4) is 0 Å².